The van der Waals surface area contributed by atoms with E-state index in [2.05, 4.69) is 77.3 Å². The molecule has 3 aromatic heterocycles. The van der Waals surface area contributed by atoms with Crippen LogP contribution in [0.4, 0.5) is 27.4 Å². The van der Waals surface area contributed by atoms with E-state index in [9.17, 15) is 19.5 Å². The number of nitrogens with zero attached hydrogens (tertiary/aromatic N) is 9. The number of hydrogen-bond acceptors (Lipinski definition) is 12. The SMILES string of the molecule is CC[C@@]1(O)CCc2ccc(-n3c(C4CC4)cc4cnc(Nc5ccc(N6CCN(C7CCN(C8CN(c9cc%10c(cc9F)C(=O)N(C9CCC(=O)NC9=O)C%10)C8)CC7)CC6)cc5)nc43)nc21. The van der Waals surface area contributed by atoms with Gasteiger partial charge >= 0.3 is 0 Å². The topological polar surface area (TPSA) is 155 Å². The number of likely N-dealkylation sites (tertiary alicyclic amines) is 1. The first-order valence-electron chi connectivity index (χ1n) is 24.0. The van der Waals surface area contributed by atoms with Crippen molar-refractivity contribution < 1.29 is 23.9 Å². The number of fused-ring (bicyclic) bond motifs is 3. The van der Waals surface area contributed by atoms with Gasteiger partial charge in [0.15, 0.2) is 5.65 Å². The summed E-state index contributed by atoms with van der Waals surface area (Å²) in [6.07, 6.45) is 9.10. The van der Waals surface area contributed by atoms with Crippen molar-refractivity contribution in [1.82, 2.24) is 39.5 Å². The number of rotatable bonds is 10. The molecule has 1 saturated carbocycles. The summed E-state index contributed by atoms with van der Waals surface area (Å²) in [6, 6.07) is 18.3. The highest BCUT2D eigenvalue weighted by Gasteiger charge is 2.42. The Morgan fingerprint density at radius 1 is 0.833 bits per heavy atom. The Morgan fingerprint density at radius 3 is 2.35 bits per heavy atom. The summed E-state index contributed by atoms with van der Waals surface area (Å²) >= 11 is 0. The minimum Gasteiger partial charge on any atom is -0.384 e. The van der Waals surface area contributed by atoms with Gasteiger partial charge in [0.2, 0.25) is 17.8 Å². The van der Waals surface area contributed by atoms with Crippen LogP contribution in [-0.2, 0) is 28.2 Å². The van der Waals surface area contributed by atoms with Crippen molar-refractivity contribution in [3.05, 3.63) is 94.7 Å². The van der Waals surface area contributed by atoms with Crippen molar-refractivity contribution in [2.45, 2.75) is 101 Å². The lowest BCUT2D eigenvalue weighted by atomic mass is 9.97. The van der Waals surface area contributed by atoms with Gasteiger partial charge in [0.1, 0.15) is 23.3 Å². The second kappa shape index (κ2) is 16.1. The van der Waals surface area contributed by atoms with Gasteiger partial charge in [-0.15, -0.1) is 0 Å². The molecule has 2 aliphatic carbocycles. The summed E-state index contributed by atoms with van der Waals surface area (Å²) in [7, 11) is 0. The van der Waals surface area contributed by atoms with Crippen molar-refractivity contribution in [3.8, 4) is 5.82 Å². The first-order chi connectivity index (χ1) is 32.1. The van der Waals surface area contributed by atoms with E-state index in [1.807, 2.05) is 13.1 Å². The Labute approximate surface area is 383 Å². The summed E-state index contributed by atoms with van der Waals surface area (Å²) in [5.41, 5.74) is 6.75. The van der Waals surface area contributed by atoms with Crippen LogP contribution in [0.25, 0.3) is 16.9 Å². The molecule has 5 aromatic rings. The Morgan fingerprint density at radius 2 is 1.61 bits per heavy atom. The van der Waals surface area contributed by atoms with Crippen molar-refractivity contribution >= 4 is 51.8 Å². The number of piperidine rings is 2. The van der Waals surface area contributed by atoms with Crippen molar-refractivity contribution in [1.29, 1.82) is 0 Å². The van der Waals surface area contributed by atoms with Crippen LogP contribution in [0.1, 0.15) is 97.1 Å². The highest BCUT2D eigenvalue weighted by atomic mass is 19.1. The molecular weight excluding hydrogens is 838 g/mol. The van der Waals surface area contributed by atoms with Crippen LogP contribution in [0.15, 0.2) is 60.8 Å². The lowest BCUT2D eigenvalue weighted by Gasteiger charge is -2.50. The molecule has 5 fully saturated rings. The van der Waals surface area contributed by atoms with E-state index >= 15 is 4.39 Å². The molecule has 8 heterocycles. The van der Waals surface area contributed by atoms with E-state index in [0.29, 0.717) is 48.0 Å². The number of hydrogen-bond donors (Lipinski definition) is 3. The molecule has 16 heteroatoms. The number of piperazine rings is 1. The third-order valence-electron chi connectivity index (χ3n) is 15.7. The predicted molar refractivity (Wildman–Crippen MR) is 248 cm³/mol. The van der Waals surface area contributed by atoms with Gasteiger partial charge in [-0.3, -0.25) is 34.1 Å². The Kier molecular flexibility index (Phi) is 10.1. The summed E-state index contributed by atoms with van der Waals surface area (Å²) in [4.78, 5) is 63.3. The summed E-state index contributed by atoms with van der Waals surface area (Å²) in [5, 5.41) is 18.1. The lowest BCUT2D eigenvalue weighted by molar-refractivity contribution is -0.136. The van der Waals surface area contributed by atoms with Crippen LogP contribution < -0.4 is 20.4 Å². The van der Waals surface area contributed by atoms with E-state index in [1.54, 1.807) is 6.07 Å². The summed E-state index contributed by atoms with van der Waals surface area (Å²) in [5.74, 6) is 0.252. The van der Waals surface area contributed by atoms with E-state index in [-0.39, 0.29) is 31.2 Å². The first-order valence-corrected chi connectivity index (χ1v) is 24.0. The number of halogens is 1. The molecule has 1 unspecified atom stereocenters. The Balaban J connectivity index is 0.629. The van der Waals surface area contributed by atoms with E-state index < -0.39 is 23.4 Å². The minimum absolute atomic E-state index is 0.186. The number of carbonyl (C=O) groups is 3. The second-order valence-electron chi connectivity index (χ2n) is 19.6. The minimum atomic E-state index is -0.881. The quantitative estimate of drug-likeness (QED) is 0.155. The number of nitrogens with one attached hydrogen (secondary N) is 2. The molecular formula is C50H56FN11O4. The number of amides is 3. The van der Waals surface area contributed by atoms with Gasteiger partial charge in [0.25, 0.3) is 5.91 Å². The van der Waals surface area contributed by atoms with Crippen LogP contribution in [0.5, 0.6) is 0 Å². The number of imide groups is 1. The molecule has 5 aliphatic heterocycles. The molecule has 3 amide bonds. The van der Waals surface area contributed by atoms with Crippen LogP contribution in [0.3, 0.4) is 0 Å². The number of carbonyl (C=O) groups excluding carboxylic acids is 3. The molecule has 7 aliphatic rings. The van der Waals surface area contributed by atoms with Gasteiger partial charge in [-0.05, 0) is 117 Å². The van der Waals surface area contributed by atoms with Crippen LogP contribution in [0.2, 0.25) is 0 Å². The molecule has 0 radical (unpaired) electrons. The number of pyridine rings is 1. The average Bonchev–Trinajstić information content (AvgIpc) is 3.93. The monoisotopic (exact) mass is 893 g/mol. The molecule has 0 spiro atoms. The first kappa shape index (κ1) is 41.5. The maximum Gasteiger partial charge on any atom is 0.255 e. The fourth-order valence-corrected chi connectivity index (χ4v) is 11.5. The zero-order valence-electron chi connectivity index (χ0n) is 37.4. The zero-order chi connectivity index (χ0) is 44.8. The molecule has 15 nitrogen and oxygen atoms in total. The predicted octanol–water partition coefficient (Wildman–Crippen LogP) is 5.36. The van der Waals surface area contributed by atoms with Crippen molar-refractivity contribution in [2.24, 2.45) is 0 Å². The molecule has 2 atom stereocenters. The fourth-order valence-electron chi connectivity index (χ4n) is 11.5. The van der Waals surface area contributed by atoms with Crippen molar-refractivity contribution in [2.75, 3.05) is 67.5 Å². The second-order valence-corrected chi connectivity index (χ2v) is 19.6. The molecule has 2 aromatic carbocycles. The molecule has 0 bridgehead atoms. The number of benzene rings is 2. The third kappa shape index (κ3) is 7.28. The number of aromatic nitrogens is 4. The normalized spacial score (nSPS) is 24.3. The largest absolute Gasteiger partial charge is 0.384 e. The number of anilines is 4. The maximum atomic E-state index is 15.4. The number of aliphatic hydroxyl groups is 1. The van der Waals surface area contributed by atoms with Gasteiger partial charge in [-0.1, -0.05) is 13.0 Å². The van der Waals surface area contributed by atoms with Gasteiger partial charge in [0, 0.05) is 112 Å². The van der Waals surface area contributed by atoms with Gasteiger partial charge in [-0.25, -0.2) is 14.4 Å². The summed E-state index contributed by atoms with van der Waals surface area (Å²) in [6.45, 7) is 9.80. The molecule has 3 N–H and O–H groups in total. The molecule has 4 saturated heterocycles. The van der Waals surface area contributed by atoms with Gasteiger partial charge in [0.05, 0.1) is 11.4 Å². The van der Waals surface area contributed by atoms with E-state index in [0.717, 1.165) is 124 Å². The third-order valence-corrected chi connectivity index (χ3v) is 15.7. The maximum absolute atomic E-state index is 15.4. The standard InChI is InChI=1S/C50H56FN11O4/c1-2-50(66)16-13-31-5-11-43(54-45(31)50)62-41(30-3-4-30)23-32-26-52-49(56-46(32)62)53-34-6-8-35(9-7-34)58-19-21-59(22-20-58)36-14-17-57(18-15-36)37-28-60(29-37)42-24-33-27-61(48(65)38(33)25-39(42)51)40-10-12-44(63)55-47(40)64/h5-9,11,23-26,30,36-37,40,66H,2-4,10,12-22,27-29H2,1H3,(H,52,53,56)(H,55,63,64)/t40?,50-/m1/s1. The highest BCUT2D eigenvalue weighted by Crippen LogP contribution is 2.44. The average molecular weight is 894 g/mol. The molecule has 12 rings (SSSR count). The Hall–Kier alpha value is -5.97. The lowest BCUT2D eigenvalue weighted by Crippen LogP contribution is -2.62. The highest BCUT2D eigenvalue weighted by molar-refractivity contribution is 6.05. The number of aryl methyl sites for hydroxylation is 1. The Bertz CT molecular complexity index is 2750. The summed E-state index contributed by atoms with van der Waals surface area (Å²) < 4.78 is 17.6. The zero-order valence-corrected chi connectivity index (χ0v) is 37.4. The molecule has 342 valence electrons. The van der Waals surface area contributed by atoms with Crippen LogP contribution in [-0.4, -0.2) is 128 Å². The van der Waals surface area contributed by atoms with Gasteiger partial charge < -0.3 is 25.1 Å². The van der Waals surface area contributed by atoms with E-state index in [1.165, 1.54) is 22.3 Å². The van der Waals surface area contributed by atoms with Gasteiger partial charge in [-0.2, -0.15) is 4.98 Å². The molecule has 66 heavy (non-hydrogen) atoms. The van der Waals surface area contributed by atoms with Crippen LogP contribution in [0, 0.1) is 5.82 Å². The van der Waals surface area contributed by atoms with E-state index in [4.69, 9.17) is 15.0 Å². The van der Waals surface area contributed by atoms with Crippen molar-refractivity contribution in [3.63, 3.8) is 0 Å². The smallest absolute Gasteiger partial charge is 0.255 e. The van der Waals surface area contributed by atoms with Crippen LogP contribution >= 0.6 is 0 Å². The fraction of sp³-hybridized carbons (Fsp3) is 0.480.